The molecule has 0 saturated heterocycles. The summed E-state index contributed by atoms with van der Waals surface area (Å²) in [5, 5.41) is 15.7. The lowest BCUT2D eigenvalue weighted by molar-refractivity contribution is 0.252. The molecule has 22 heavy (non-hydrogen) atoms. The summed E-state index contributed by atoms with van der Waals surface area (Å²) in [6.07, 6.45) is 5.79. The van der Waals surface area contributed by atoms with E-state index in [2.05, 4.69) is 52.0 Å². The first kappa shape index (κ1) is 13.9. The third-order valence-electron chi connectivity index (χ3n) is 5.17. The van der Waals surface area contributed by atoms with Crippen molar-refractivity contribution in [2.45, 2.75) is 63.6 Å². The van der Waals surface area contributed by atoms with Gasteiger partial charge in [0, 0.05) is 25.0 Å². The molecule has 1 unspecified atom stereocenters. The van der Waals surface area contributed by atoms with Crippen LogP contribution in [0.25, 0.3) is 0 Å². The van der Waals surface area contributed by atoms with Gasteiger partial charge in [0.05, 0.1) is 0 Å². The van der Waals surface area contributed by atoms with Crippen molar-refractivity contribution in [3.63, 3.8) is 0 Å². The molecule has 1 N–H and O–H groups in total. The number of benzene rings is 1. The van der Waals surface area contributed by atoms with Crippen molar-refractivity contribution in [3.8, 4) is 0 Å². The summed E-state index contributed by atoms with van der Waals surface area (Å²) in [6, 6.07) is 10.3. The Hall–Kier alpha value is -1.75. The molecule has 1 fully saturated rings. The van der Waals surface area contributed by atoms with Gasteiger partial charge < -0.3 is 5.32 Å². The van der Waals surface area contributed by atoms with E-state index >= 15 is 0 Å². The fourth-order valence-corrected chi connectivity index (χ4v) is 3.67. The molecule has 4 rings (SSSR count). The summed E-state index contributed by atoms with van der Waals surface area (Å²) >= 11 is 0. The molecule has 5 nitrogen and oxygen atoms in total. The van der Waals surface area contributed by atoms with Crippen LogP contribution in [0.3, 0.4) is 0 Å². The first-order chi connectivity index (χ1) is 10.8. The molecular formula is C17H23N5. The van der Waals surface area contributed by atoms with Gasteiger partial charge >= 0.3 is 0 Å². The molecule has 5 heteroatoms. The maximum absolute atomic E-state index is 4.10. The van der Waals surface area contributed by atoms with Crippen LogP contribution in [0.15, 0.2) is 24.3 Å². The fourth-order valence-electron chi connectivity index (χ4n) is 3.67. The highest BCUT2D eigenvalue weighted by Crippen LogP contribution is 2.37. The minimum Gasteiger partial charge on any atom is -0.311 e. The van der Waals surface area contributed by atoms with Crippen LogP contribution >= 0.6 is 0 Å². The van der Waals surface area contributed by atoms with Crippen LogP contribution in [0.4, 0.5) is 0 Å². The van der Waals surface area contributed by atoms with E-state index in [-0.39, 0.29) is 0 Å². The number of rotatable bonds is 3. The lowest BCUT2D eigenvalue weighted by atomic mass is 9.75. The second-order valence-electron chi connectivity index (χ2n) is 6.79. The van der Waals surface area contributed by atoms with Crippen molar-refractivity contribution in [2.75, 3.05) is 0 Å². The van der Waals surface area contributed by atoms with E-state index in [0.717, 1.165) is 37.5 Å². The lowest BCUT2D eigenvalue weighted by Crippen LogP contribution is -2.45. The predicted octanol–water partition coefficient (Wildman–Crippen LogP) is 2.22. The van der Waals surface area contributed by atoms with E-state index in [1.807, 2.05) is 4.68 Å². The quantitative estimate of drug-likeness (QED) is 0.944. The minimum atomic E-state index is 0.590. The third-order valence-corrected chi connectivity index (χ3v) is 5.17. The Labute approximate surface area is 131 Å². The molecule has 1 atom stereocenters. The summed E-state index contributed by atoms with van der Waals surface area (Å²) < 4.78 is 1.96. The van der Waals surface area contributed by atoms with Gasteiger partial charge in [0.25, 0.3) is 0 Å². The van der Waals surface area contributed by atoms with E-state index < -0.39 is 0 Å². The Kier molecular flexibility index (Phi) is 3.66. The first-order valence-corrected chi connectivity index (χ1v) is 8.35. The molecule has 0 amide bonds. The van der Waals surface area contributed by atoms with Gasteiger partial charge in [-0.05, 0) is 54.5 Å². The van der Waals surface area contributed by atoms with Crippen molar-refractivity contribution in [1.82, 2.24) is 25.5 Å². The Bertz CT molecular complexity index is 604. The van der Waals surface area contributed by atoms with E-state index in [1.54, 1.807) is 0 Å². The zero-order chi connectivity index (χ0) is 14.9. The van der Waals surface area contributed by atoms with Gasteiger partial charge in [-0.2, -0.15) is 0 Å². The Morgan fingerprint density at radius 1 is 1.09 bits per heavy atom. The molecule has 0 radical (unpaired) electrons. The average Bonchev–Trinajstić information content (AvgIpc) is 2.85. The zero-order valence-corrected chi connectivity index (χ0v) is 13.1. The van der Waals surface area contributed by atoms with Gasteiger partial charge in [-0.3, -0.25) is 0 Å². The van der Waals surface area contributed by atoms with Gasteiger partial charge in [-0.15, -0.1) is 5.10 Å². The highest BCUT2D eigenvalue weighted by molar-refractivity contribution is 5.26. The maximum atomic E-state index is 4.10. The number of nitrogens with zero attached hydrogens (tertiary/aromatic N) is 4. The molecule has 1 aliphatic heterocycles. The van der Waals surface area contributed by atoms with Crippen molar-refractivity contribution < 1.29 is 0 Å². The lowest BCUT2D eigenvalue weighted by Gasteiger charge is -2.38. The molecule has 0 spiro atoms. The van der Waals surface area contributed by atoms with Crippen LogP contribution in [-0.4, -0.2) is 32.3 Å². The third kappa shape index (κ3) is 2.77. The second-order valence-corrected chi connectivity index (χ2v) is 6.79. The standard InChI is InChI=1S/C17H23N5/c1-12-2-4-13(5-3-12)14-10-16(11-14)18-15-6-7-17-19-20-21-22(17)9-8-15/h2-5,14-16,18H,6-11H2,1H3. The highest BCUT2D eigenvalue weighted by Gasteiger charge is 2.32. The Morgan fingerprint density at radius 2 is 1.91 bits per heavy atom. The summed E-state index contributed by atoms with van der Waals surface area (Å²) in [5.41, 5.74) is 2.84. The number of hydrogen-bond donors (Lipinski definition) is 1. The SMILES string of the molecule is Cc1ccc(C2CC(NC3CCc4nnnn4CC3)C2)cc1. The molecule has 0 bridgehead atoms. The number of fused-ring (bicyclic) bond motifs is 1. The molecule has 116 valence electrons. The van der Waals surface area contributed by atoms with E-state index in [4.69, 9.17) is 0 Å². The maximum Gasteiger partial charge on any atom is 0.151 e. The van der Waals surface area contributed by atoms with Crippen molar-refractivity contribution in [3.05, 3.63) is 41.2 Å². The molecule has 2 aliphatic rings. The topological polar surface area (TPSA) is 55.6 Å². The molecule has 1 aliphatic carbocycles. The largest absolute Gasteiger partial charge is 0.311 e. The minimum absolute atomic E-state index is 0.590. The van der Waals surface area contributed by atoms with Gasteiger partial charge in [0.2, 0.25) is 0 Å². The molecular weight excluding hydrogens is 274 g/mol. The van der Waals surface area contributed by atoms with Crippen LogP contribution in [0.5, 0.6) is 0 Å². The number of hydrogen-bond acceptors (Lipinski definition) is 4. The van der Waals surface area contributed by atoms with E-state index in [0.29, 0.717) is 12.1 Å². The number of aryl methyl sites for hydroxylation is 3. The van der Waals surface area contributed by atoms with Crippen molar-refractivity contribution >= 4 is 0 Å². The predicted molar refractivity (Wildman–Crippen MR) is 84.6 cm³/mol. The van der Waals surface area contributed by atoms with Gasteiger partial charge in [-0.1, -0.05) is 29.8 Å². The van der Waals surface area contributed by atoms with Crippen molar-refractivity contribution in [1.29, 1.82) is 0 Å². The fraction of sp³-hybridized carbons (Fsp3) is 0.588. The number of nitrogens with one attached hydrogen (secondary N) is 1. The molecule has 2 heterocycles. The second kappa shape index (κ2) is 5.80. The summed E-state index contributed by atoms with van der Waals surface area (Å²) in [4.78, 5) is 0. The monoisotopic (exact) mass is 297 g/mol. The number of aromatic nitrogens is 4. The van der Waals surface area contributed by atoms with Gasteiger partial charge in [0.1, 0.15) is 0 Å². The molecule has 2 aromatic rings. The molecule has 1 aromatic heterocycles. The Morgan fingerprint density at radius 3 is 2.73 bits per heavy atom. The van der Waals surface area contributed by atoms with Crippen LogP contribution in [-0.2, 0) is 13.0 Å². The zero-order valence-electron chi connectivity index (χ0n) is 13.1. The smallest absolute Gasteiger partial charge is 0.151 e. The van der Waals surface area contributed by atoms with Crippen LogP contribution < -0.4 is 5.32 Å². The summed E-state index contributed by atoms with van der Waals surface area (Å²) in [7, 11) is 0. The molecule has 1 saturated carbocycles. The van der Waals surface area contributed by atoms with E-state index in [1.165, 1.54) is 24.0 Å². The molecule has 1 aromatic carbocycles. The normalized spacial score (nSPS) is 27.8. The van der Waals surface area contributed by atoms with Gasteiger partial charge in [-0.25, -0.2) is 4.68 Å². The van der Waals surface area contributed by atoms with Crippen LogP contribution in [0, 0.1) is 6.92 Å². The van der Waals surface area contributed by atoms with Crippen LogP contribution in [0.1, 0.15) is 48.6 Å². The van der Waals surface area contributed by atoms with Crippen molar-refractivity contribution in [2.24, 2.45) is 0 Å². The van der Waals surface area contributed by atoms with Gasteiger partial charge in [0.15, 0.2) is 5.82 Å². The first-order valence-electron chi connectivity index (χ1n) is 8.35. The number of tetrazole rings is 1. The highest BCUT2D eigenvalue weighted by atomic mass is 15.5. The average molecular weight is 297 g/mol. The summed E-state index contributed by atoms with van der Waals surface area (Å²) in [5.74, 6) is 1.78. The van der Waals surface area contributed by atoms with Crippen LogP contribution in [0.2, 0.25) is 0 Å². The Balaban J connectivity index is 1.28. The van der Waals surface area contributed by atoms with E-state index in [9.17, 15) is 0 Å². The summed E-state index contributed by atoms with van der Waals surface area (Å²) in [6.45, 7) is 3.09.